The fourth-order valence-corrected chi connectivity index (χ4v) is 3.02. The van der Waals surface area contributed by atoms with Crippen molar-refractivity contribution >= 4 is 16.9 Å². The van der Waals surface area contributed by atoms with Crippen molar-refractivity contribution in [2.45, 2.75) is 39.2 Å². The number of carboxylic acids is 1. The van der Waals surface area contributed by atoms with Gasteiger partial charge in [-0.2, -0.15) is 0 Å². The van der Waals surface area contributed by atoms with Crippen molar-refractivity contribution in [3.63, 3.8) is 0 Å². The number of aromatic nitrogens is 1. The number of nitrogens with zero attached hydrogens (tertiary/aromatic N) is 1. The van der Waals surface area contributed by atoms with Crippen LogP contribution < -0.4 is 5.43 Å². The third kappa shape index (κ3) is 2.04. The Hall–Kier alpha value is -2.17. The number of halogens is 1. The second-order valence-electron chi connectivity index (χ2n) is 5.53. The summed E-state index contributed by atoms with van der Waals surface area (Å²) in [4.78, 5) is 23.5. The smallest absolute Gasteiger partial charge is 0.341 e. The number of hydrogen-bond acceptors (Lipinski definition) is 2. The average molecular weight is 289 g/mol. The molecule has 2 aromatic rings. The number of pyridine rings is 1. The maximum Gasteiger partial charge on any atom is 0.341 e. The fraction of sp³-hybridized carbons (Fsp3) is 0.375. The summed E-state index contributed by atoms with van der Waals surface area (Å²) in [5.41, 5.74) is 1.14. The summed E-state index contributed by atoms with van der Waals surface area (Å²) in [5.74, 6) is -1.45. The predicted octanol–water partition coefficient (Wildman–Crippen LogP) is 3.04. The molecule has 1 heterocycles. The minimum atomic E-state index is -1.28. The molecular formula is C16H16FNO3. The maximum absolute atomic E-state index is 14.3. The van der Waals surface area contributed by atoms with Gasteiger partial charge in [-0.25, -0.2) is 9.18 Å². The van der Waals surface area contributed by atoms with Gasteiger partial charge in [-0.15, -0.1) is 0 Å². The molecule has 1 aromatic carbocycles. The van der Waals surface area contributed by atoms with E-state index < -0.39 is 17.2 Å². The van der Waals surface area contributed by atoms with Crippen LogP contribution in [-0.4, -0.2) is 15.6 Å². The number of hydrogen-bond donors (Lipinski definition) is 1. The first-order valence-electron chi connectivity index (χ1n) is 7.05. The molecule has 0 saturated heterocycles. The molecule has 110 valence electrons. The summed E-state index contributed by atoms with van der Waals surface area (Å²) < 4.78 is 16.0. The Bertz CT molecular complexity index is 819. The summed E-state index contributed by atoms with van der Waals surface area (Å²) in [7, 11) is 0. The fourth-order valence-electron chi connectivity index (χ4n) is 3.02. The summed E-state index contributed by atoms with van der Waals surface area (Å²) in [6.07, 6.45) is 3.29. The molecule has 0 bridgehead atoms. The molecule has 0 aliphatic heterocycles. The van der Waals surface area contributed by atoms with E-state index in [0.717, 1.165) is 18.4 Å². The van der Waals surface area contributed by atoms with E-state index in [2.05, 4.69) is 0 Å². The van der Waals surface area contributed by atoms with Crippen molar-refractivity contribution < 1.29 is 14.3 Å². The van der Waals surface area contributed by atoms with Crippen LogP contribution in [0.4, 0.5) is 4.39 Å². The Kier molecular flexibility index (Phi) is 3.08. The second-order valence-corrected chi connectivity index (χ2v) is 5.53. The lowest BCUT2D eigenvalue weighted by atomic mass is 9.98. The quantitative estimate of drug-likeness (QED) is 0.944. The Morgan fingerprint density at radius 2 is 2.14 bits per heavy atom. The van der Waals surface area contributed by atoms with Gasteiger partial charge in [0.1, 0.15) is 11.4 Å². The molecule has 4 nitrogen and oxygen atoms in total. The molecule has 3 rings (SSSR count). The average Bonchev–Trinajstić information content (AvgIpc) is 3.24. The van der Waals surface area contributed by atoms with Crippen LogP contribution in [0.2, 0.25) is 0 Å². The zero-order valence-electron chi connectivity index (χ0n) is 11.9. The number of fused-ring (bicyclic) bond motifs is 1. The summed E-state index contributed by atoms with van der Waals surface area (Å²) in [6.45, 7) is 4.20. The molecule has 5 heteroatoms. The van der Waals surface area contributed by atoms with Gasteiger partial charge in [0.25, 0.3) is 0 Å². The Balaban J connectivity index is 2.46. The maximum atomic E-state index is 14.3. The Morgan fingerprint density at radius 3 is 2.67 bits per heavy atom. The second kappa shape index (κ2) is 4.69. The lowest BCUT2D eigenvalue weighted by molar-refractivity contribution is 0.0695. The monoisotopic (exact) mass is 289 g/mol. The van der Waals surface area contributed by atoms with Gasteiger partial charge in [-0.3, -0.25) is 4.79 Å². The number of aryl methyl sites for hydroxylation is 2. The van der Waals surface area contributed by atoms with Crippen LogP contribution in [-0.2, 0) is 6.54 Å². The van der Waals surface area contributed by atoms with Crippen molar-refractivity contribution in [1.82, 2.24) is 4.57 Å². The first-order chi connectivity index (χ1) is 9.95. The Labute approximate surface area is 120 Å². The molecule has 1 N–H and O–H groups in total. The first-order valence-corrected chi connectivity index (χ1v) is 7.05. The third-order valence-electron chi connectivity index (χ3n) is 4.16. The lowest BCUT2D eigenvalue weighted by Gasteiger charge is -2.16. The van der Waals surface area contributed by atoms with Crippen LogP contribution >= 0.6 is 0 Å². The van der Waals surface area contributed by atoms with Crippen molar-refractivity contribution in [3.8, 4) is 0 Å². The van der Waals surface area contributed by atoms with Gasteiger partial charge in [-0.1, -0.05) is 0 Å². The Morgan fingerprint density at radius 1 is 1.48 bits per heavy atom. The molecule has 1 fully saturated rings. The summed E-state index contributed by atoms with van der Waals surface area (Å²) in [5, 5.41) is 9.28. The largest absolute Gasteiger partial charge is 0.477 e. The van der Waals surface area contributed by atoms with E-state index in [1.807, 2.05) is 13.8 Å². The minimum Gasteiger partial charge on any atom is -0.477 e. The van der Waals surface area contributed by atoms with Crippen LogP contribution in [0.1, 0.15) is 47.2 Å². The third-order valence-corrected chi connectivity index (χ3v) is 4.16. The van der Waals surface area contributed by atoms with E-state index in [4.69, 9.17) is 5.11 Å². The summed E-state index contributed by atoms with van der Waals surface area (Å²) >= 11 is 0. The standard InChI is InChI=1S/C16H16FNO3/c1-3-18-7-11(16(20)21)15(19)10-6-12(17)13(9-4-5-9)8(2)14(10)18/h6-7,9H,3-5H2,1-2H3,(H,20,21). The van der Waals surface area contributed by atoms with Gasteiger partial charge in [0.2, 0.25) is 5.43 Å². The molecule has 21 heavy (non-hydrogen) atoms. The highest BCUT2D eigenvalue weighted by atomic mass is 19.1. The molecule has 1 aliphatic carbocycles. The SMILES string of the molecule is CCn1cc(C(=O)O)c(=O)c2cc(F)c(C3CC3)c(C)c21. The molecule has 0 unspecified atom stereocenters. The van der Waals surface area contributed by atoms with Gasteiger partial charge in [0.05, 0.1) is 5.52 Å². The first kappa shape index (κ1) is 13.8. The zero-order valence-corrected chi connectivity index (χ0v) is 11.9. The minimum absolute atomic E-state index is 0.149. The molecule has 0 spiro atoms. The van der Waals surface area contributed by atoms with Crippen LogP contribution in [0.15, 0.2) is 17.1 Å². The van der Waals surface area contributed by atoms with E-state index in [9.17, 15) is 14.0 Å². The van der Waals surface area contributed by atoms with Crippen LogP contribution in [0.3, 0.4) is 0 Å². The highest BCUT2D eigenvalue weighted by molar-refractivity contribution is 5.93. The van der Waals surface area contributed by atoms with Gasteiger partial charge in [0.15, 0.2) is 0 Å². The summed E-state index contributed by atoms with van der Waals surface area (Å²) in [6, 6.07) is 1.21. The molecule has 1 aromatic heterocycles. The van der Waals surface area contributed by atoms with Crippen molar-refractivity contribution in [2.75, 3.05) is 0 Å². The van der Waals surface area contributed by atoms with Crippen molar-refractivity contribution in [1.29, 1.82) is 0 Å². The molecule has 1 saturated carbocycles. The van der Waals surface area contributed by atoms with Crippen LogP contribution in [0.25, 0.3) is 10.9 Å². The zero-order chi connectivity index (χ0) is 15.3. The molecule has 0 radical (unpaired) electrons. The van der Waals surface area contributed by atoms with E-state index in [1.54, 1.807) is 4.57 Å². The lowest BCUT2D eigenvalue weighted by Crippen LogP contribution is -2.20. The number of aromatic carboxylic acids is 1. The number of carboxylic acid groups (broad SMARTS) is 1. The van der Waals surface area contributed by atoms with Gasteiger partial charge in [-0.05, 0) is 49.8 Å². The van der Waals surface area contributed by atoms with Crippen LogP contribution in [0, 0.1) is 12.7 Å². The van der Waals surface area contributed by atoms with Crippen molar-refractivity contribution in [3.05, 3.63) is 45.0 Å². The topological polar surface area (TPSA) is 59.3 Å². The molecule has 0 atom stereocenters. The van der Waals surface area contributed by atoms with Gasteiger partial charge in [0, 0.05) is 18.1 Å². The van der Waals surface area contributed by atoms with E-state index in [-0.39, 0.29) is 16.9 Å². The molecule has 1 aliphatic rings. The highest BCUT2D eigenvalue weighted by Crippen LogP contribution is 2.44. The van der Waals surface area contributed by atoms with E-state index >= 15 is 0 Å². The number of carbonyl (C=O) groups is 1. The predicted molar refractivity (Wildman–Crippen MR) is 77.5 cm³/mol. The van der Waals surface area contributed by atoms with Gasteiger partial charge < -0.3 is 9.67 Å². The number of benzene rings is 1. The highest BCUT2D eigenvalue weighted by Gasteiger charge is 2.30. The molecule has 0 amide bonds. The van der Waals surface area contributed by atoms with Crippen molar-refractivity contribution in [2.24, 2.45) is 0 Å². The molecular weight excluding hydrogens is 273 g/mol. The van der Waals surface area contributed by atoms with Gasteiger partial charge >= 0.3 is 5.97 Å². The number of rotatable bonds is 3. The van der Waals surface area contributed by atoms with E-state index in [0.29, 0.717) is 17.6 Å². The normalized spacial score (nSPS) is 14.6. The van der Waals surface area contributed by atoms with E-state index in [1.165, 1.54) is 12.3 Å². The van der Waals surface area contributed by atoms with Crippen LogP contribution in [0.5, 0.6) is 0 Å².